The molecule has 0 aromatic rings. The van der Waals surface area contributed by atoms with Crippen LogP contribution in [0.25, 0.3) is 0 Å². The van der Waals surface area contributed by atoms with Crippen molar-refractivity contribution in [3.8, 4) is 0 Å². The average molecular weight is 295 g/mol. The quantitative estimate of drug-likeness (QED) is 0.246. The summed E-state index contributed by atoms with van der Waals surface area (Å²) in [5, 5.41) is 15.5. The van der Waals surface area contributed by atoms with Crippen LogP contribution in [0.15, 0.2) is 5.16 Å². The molecule has 5 heteroatoms. The Labute approximate surface area is 127 Å². The van der Waals surface area contributed by atoms with E-state index in [1.165, 1.54) is 0 Å². The van der Waals surface area contributed by atoms with E-state index in [0.29, 0.717) is 0 Å². The Morgan fingerprint density at radius 1 is 1.10 bits per heavy atom. The Balaban J connectivity index is 2.19. The first-order valence-electron chi connectivity index (χ1n) is 7.99. The highest BCUT2D eigenvalue weighted by atomic mass is 16.4. The molecule has 21 heavy (non-hydrogen) atoms. The molecule has 0 unspecified atom stereocenters. The van der Waals surface area contributed by atoms with Gasteiger partial charge in [0.2, 0.25) is 5.91 Å². The fourth-order valence-electron chi connectivity index (χ4n) is 4.03. The van der Waals surface area contributed by atoms with Gasteiger partial charge in [-0.2, -0.15) is 0 Å². The second-order valence-corrected chi connectivity index (χ2v) is 7.85. The first kappa shape index (κ1) is 16.1. The van der Waals surface area contributed by atoms with Gasteiger partial charge in [-0.3, -0.25) is 4.79 Å². The molecule has 0 aliphatic heterocycles. The highest BCUT2D eigenvalue weighted by Gasteiger charge is 2.68. The highest BCUT2D eigenvalue weighted by Crippen LogP contribution is 2.68. The topological polar surface area (TPSA) is 87.7 Å². The summed E-state index contributed by atoms with van der Waals surface area (Å²) in [4.78, 5) is 12.7. The zero-order valence-corrected chi connectivity index (χ0v) is 13.7. The number of carbonyl (C=O) groups is 1. The van der Waals surface area contributed by atoms with E-state index in [1.807, 2.05) is 0 Å². The molecular weight excluding hydrogens is 266 g/mol. The van der Waals surface area contributed by atoms with Crippen LogP contribution >= 0.6 is 0 Å². The van der Waals surface area contributed by atoms with Crippen molar-refractivity contribution in [1.29, 1.82) is 0 Å². The molecule has 5 nitrogen and oxygen atoms in total. The third-order valence-corrected chi connectivity index (χ3v) is 6.20. The molecular formula is C16H29N3O2. The fourth-order valence-corrected chi connectivity index (χ4v) is 4.03. The van der Waals surface area contributed by atoms with E-state index in [2.05, 4.69) is 38.2 Å². The molecule has 0 aromatic carbocycles. The summed E-state index contributed by atoms with van der Waals surface area (Å²) >= 11 is 0. The predicted molar refractivity (Wildman–Crippen MR) is 83.0 cm³/mol. The van der Waals surface area contributed by atoms with Crippen molar-refractivity contribution in [3.63, 3.8) is 0 Å². The Kier molecular flexibility index (Phi) is 3.98. The lowest BCUT2D eigenvalue weighted by Gasteiger charge is -2.33. The number of nitrogens with two attached hydrogens (primary N) is 1. The van der Waals surface area contributed by atoms with Gasteiger partial charge in [0.15, 0.2) is 5.84 Å². The number of hydrogen-bond donors (Lipinski definition) is 3. The largest absolute Gasteiger partial charge is 0.409 e. The number of amides is 1. The number of nitrogens with one attached hydrogen (secondary N) is 1. The van der Waals surface area contributed by atoms with Crippen molar-refractivity contribution in [3.05, 3.63) is 0 Å². The van der Waals surface area contributed by atoms with Crippen molar-refractivity contribution in [1.82, 2.24) is 5.32 Å². The van der Waals surface area contributed by atoms with Gasteiger partial charge in [-0.25, -0.2) is 0 Å². The third kappa shape index (κ3) is 2.51. The van der Waals surface area contributed by atoms with Gasteiger partial charge >= 0.3 is 0 Å². The van der Waals surface area contributed by atoms with Crippen LogP contribution in [0.2, 0.25) is 0 Å². The number of nitrogens with zero attached hydrogens (tertiary/aromatic N) is 1. The van der Waals surface area contributed by atoms with Crippen LogP contribution in [0.4, 0.5) is 0 Å². The number of carbonyl (C=O) groups excluding carboxylic acids is 1. The van der Waals surface area contributed by atoms with Crippen molar-refractivity contribution in [2.24, 2.45) is 27.6 Å². The van der Waals surface area contributed by atoms with Gasteiger partial charge in [0.1, 0.15) is 5.54 Å². The smallest absolute Gasteiger partial charge is 0.225 e. The Morgan fingerprint density at radius 3 is 1.95 bits per heavy atom. The molecule has 0 spiro atoms. The highest BCUT2D eigenvalue weighted by molar-refractivity contribution is 5.95. The number of rotatable bonds is 3. The molecule has 2 saturated carbocycles. The molecule has 120 valence electrons. The molecule has 0 aromatic heterocycles. The summed E-state index contributed by atoms with van der Waals surface area (Å²) in [6.07, 6.45) is 5.76. The van der Waals surface area contributed by atoms with Crippen LogP contribution in [0.3, 0.4) is 0 Å². The van der Waals surface area contributed by atoms with Crippen LogP contribution in [-0.2, 0) is 4.79 Å². The zero-order valence-electron chi connectivity index (χ0n) is 13.7. The zero-order chi connectivity index (χ0) is 15.9. The molecule has 1 amide bonds. The lowest BCUT2D eigenvalue weighted by atomic mass is 9.88. The molecule has 2 fully saturated rings. The lowest BCUT2D eigenvalue weighted by molar-refractivity contribution is -0.124. The maximum atomic E-state index is 12.7. The second kappa shape index (κ2) is 5.18. The van der Waals surface area contributed by atoms with Crippen LogP contribution in [0.1, 0.15) is 66.2 Å². The summed E-state index contributed by atoms with van der Waals surface area (Å²) in [5.74, 6) is 0.170. The van der Waals surface area contributed by atoms with E-state index in [0.717, 1.165) is 38.5 Å². The van der Waals surface area contributed by atoms with Gasteiger partial charge in [0, 0.05) is 5.92 Å². The van der Waals surface area contributed by atoms with Crippen molar-refractivity contribution >= 4 is 11.7 Å². The third-order valence-electron chi connectivity index (χ3n) is 6.20. The molecule has 0 bridgehead atoms. The van der Waals surface area contributed by atoms with Crippen LogP contribution in [0, 0.1) is 16.7 Å². The monoisotopic (exact) mass is 295 g/mol. The van der Waals surface area contributed by atoms with E-state index >= 15 is 0 Å². The van der Waals surface area contributed by atoms with Crippen molar-refractivity contribution < 1.29 is 10.0 Å². The van der Waals surface area contributed by atoms with Gasteiger partial charge < -0.3 is 16.3 Å². The van der Waals surface area contributed by atoms with E-state index in [1.54, 1.807) is 0 Å². The lowest BCUT2D eigenvalue weighted by Crippen LogP contribution is -2.58. The minimum absolute atomic E-state index is 0.00583. The number of amidine groups is 1. The molecule has 2 aliphatic carbocycles. The normalized spacial score (nSPS) is 27.7. The van der Waals surface area contributed by atoms with Crippen molar-refractivity contribution in [2.45, 2.75) is 71.8 Å². The molecule has 0 radical (unpaired) electrons. The van der Waals surface area contributed by atoms with Gasteiger partial charge in [0.25, 0.3) is 0 Å². The average Bonchev–Trinajstić information content (AvgIpc) is 2.93. The first-order valence-corrected chi connectivity index (χ1v) is 7.99. The van der Waals surface area contributed by atoms with E-state index < -0.39 is 5.54 Å². The maximum Gasteiger partial charge on any atom is 0.225 e. The molecule has 0 atom stereocenters. The Hall–Kier alpha value is -1.26. The van der Waals surface area contributed by atoms with E-state index in [-0.39, 0.29) is 28.5 Å². The first-order chi connectivity index (χ1) is 9.69. The summed E-state index contributed by atoms with van der Waals surface area (Å²) in [6, 6.07) is 0. The molecule has 0 saturated heterocycles. The summed E-state index contributed by atoms with van der Waals surface area (Å²) in [7, 11) is 0. The number of hydrogen-bond acceptors (Lipinski definition) is 3. The molecule has 2 rings (SSSR count). The SMILES string of the molecule is CC1(C)C(C(=O)NC2(C(N)=NO)CCCCCC2)C1(C)C. The fraction of sp³-hybridized carbons (Fsp3) is 0.875. The van der Waals surface area contributed by atoms with Gasteiger partial charge in [-0.15, -0.1) is 0 Å². The van der Waals surface area contributed by atoms with Crippen LogP contribution in [0.5, 0.6) is 0 Å². The van der Waals surface area contributed by atoms with Gasteiger partial charge in [-0.05, 0) is 23.7 Å². The summed E-state index contributed by atoms with van der Waals surface area (Å²) < 4.78 is 0. The van der Waals surface area contributed by atoms with E-state index in [4.69, 9.17) is 10.9 Å². The van der Waals surface area contributed by atoms with Crippen molar-refractivity contribution in [2.75, 3.05) is 0 Å². The summed E-state index contributed by atoms with van der Waals surface area (Å²) in [5.41, 5.74) is 5.26. The standard InChI is InChI=1S/C16H29N3O2/c1-14(2)11(15(14,3)4)12(20)18-16(13(17)19-21)9-7-5-6-8-10-16/h11,21H,5-10H2,1-4H3,(H2,17,19)(H,18,20). The summed E-state index contributed by atoms with van der Waals surface area (Å²) in [6.45, 7) is 8.50. The van der Waals surface area contributed by atoms with E-state index in [9.17, 15) is 4.79 Å². The minimum atomic E-state index is -0.670. The predicted octanol–water partition coefficient (Wildman–Crippen LogP) is 2.62. The Morgan fingerprint density at radius 2 is 1.57 bits per heavy atom. The minimum Gasteiger partial charge on any atom is -0.409 e. The molecule has 4 N–H and O–H groups in total. The molecule has 2 aliphatic rings. The Bertz CT molecular complexity index is 432. The van der Waals surface area contributed by atoms with Gasteiger partial charge in [0.05, 0.1) is 0 Å². The maximum absolute atomic E-state index is 12.7. The van der Waals surface area contributed by atoms with Crippen LogP contribution < -0.4 is 11.1 Å². The van der Waals surface area contributed by atoms with Gasteiger partial charge in [-0.1, -0.05) is 58.5 Å². The number of oxime groups is 1. The van der Waals surface area contributed by atoms with Crippen LogP contribution in [-0.4, -0.2) is 22.5 Å². The second-order valence-electron chi connectivity index (χ2n) is 7.85. The molecule has 0 heterocycles.